The minimum absolute atomic E-state index is 0.186. The molecule has 2 aliphatic heterocycles. The van der Waals surface area contributed by atoms with Gasteiger partial charge in [0.1, 0.15) is 0 Å². The van der Waals surface area contributed by atoms with Crippen molar-refractivity contribution in [3.8, 4) is 0 Å². The molecule has 0 saturated carbocycles. The van der Waals surface area contributed by atoms with Crippen LogP contribution in [0.25, 0.3) is 0 Å². The predicted octanol–water partition coefficient (Wildman–Crippen LogP) is 7.87. The maximum atomic E-state index is 13.1. The van der Waals surface area contributed by atoms with Gasteiger partial charge in [0.05, 0.1) is 0 Å². The molecule has 4 unspecified atom stereocenters. The molecule has 0 aromatic heterocycles. The largest absolute Gasteiger partial charge is 0.355 e. The number of nitrogens with zero attached hydrogens (tertiary/aromatic N) is 3. The molecule has 1 aliphatic carbocycles. The molecule has 4 atom stereocenters. The van der Waals surface area contributed by atoms with E-state index in [9.17, 15) is 9.59 Å². The van der Waals surface area contributed by atoms with Gasteiger partial charge in [-0.1, -0.05) is 134 Å². The number of unbranched alkanes of at least 4 members (excludes halogenated alkanes) is 15. The molecular formula is C54H105N9O2. The summed E-state index contributed by atoms with van der Waals surface area (Å²) in [4.78, 5) is 32.7. The molecule has 3 aliphatic rings. The van der Waals surface area contributed by atoms with Crippen molar-refractivity contribution in [2.24, 2.45) is 29.4 Å². The summed E-state index contributed by atoms with van der Waals surface area (Å²) in [5.41, 5.74) is 5.51. The Hall–Kier alpha value is -1.86. The van der Waals surface area contributed by atoms with Crippen LogP contribution < -0.4 is 32.3 Å². The fourth-order valence-electron chi connectivity index (χ4n) is 10.4. The number of nitrogens with one attached hydrogen (secondary N) is 5. The molecule has 0 bridgehead atoms. The summed E-state index contributed by atoms with van der Waals surface area (Å²) in [6, 6.07) is 0. The first kappa shape index (κ1) is 57.5. The molecule has 65 heavy (non-hydrogen) atoms. The molecule has 0 spiro atoms. The Morgan fingerprint density at radius 3 is 1.82 bits per heavy atom. The Morgan fingerprint density at radius 2 is 1.12 bits per heavy atom. The van der Waals surface area contributed by atoms with Crippen LogP contribution in [0.5, 0.6) is 0 Å². The van der Waals surface area contributed by atoms with Gasteiger partial charge in [-0.15, -0.1) is 0 Å². The predicted molar refractivity (Wildman–Crippen MR) is 277 cm³/mol. The average Bonchev–Trinajstić information content (AvgIpc) is 3.32. The monoisotopic (exact) mass is 912 g/mol. The molecule has 11 nitrogen and oxygen atoms in total. The van der Waals surface area contributed by atoms with Gasteiger partial charge in [-0.3, -0.25) is 19.4 Å². The number of amides is 2. The molecule has 0 radical (unpaired) electrons. The van der Waals surface area contributed by atoms with Crippen molar-refractivity contribution in [3.05, 3.63) is 24.3 Å². The Balaban J connectivity index is 1.37. The smallest absolute Gasteiger partial charge is 0.222 e. The number of carbonyl (C=O) groups excluding carboxylic acids is 2. The number of nitrogens with two attached hydrogens (primary N) is 1. The molecule has 11 heteroatoms. The fraction of sp³-hybridized carbons (Fsp3) is 0.889. The third kappa shape index (κ3) is 28.3. The van der Waals surface area contributed by atoms with Gasteiger partial charge in [0.15, 0.2) is 0 Å². The Morgan fingerprint density at radius 1 is 0.585 bits per heavy atom. The zero-order valence-corrected chi connectivity index (χ0v) is 42.6. The van der Waals surface area contributed by atoms with Gasteiger partial charge in [0, 0.05) is 131 Å². The van der Waals surface area contributed by atoms with Gasteiger partial charge >= 0.3 is 0 Å². The van der Waals surface area contributed by atoms with E-state index in [1.165, 1.54) is 122 Å². The average molecular weight is 912 g/mol. The van der Waals surface area contributed by atoms with Gasteiger partial charge in [-0.05, 0) is 68.6 Å². The maximum Gasteiger partial charge on any atom is 0.222 e. The summed E-state index contributed by atoms with van der Waals surface area (Å²) in [6.45, 7) is 22.1. The van der Waals surface area contributed by atoms with Crippen molar-refractivity contribution < 1.29 is 9.59 Å². The fourth-order valence-corrected chi connectivity index (χ4v) is 10.4. The second-order valence-electron chi connectivity index (χ2n) is 19.9. The summed E-state index contributed by atoms with van der Waals surface area (Å²) in [6.07, 6.45) is 39.8. The summed E-state index contributed by atoms with van der Waals surface area (Å²) in [5, 5.41) is 16.8. The highest BCUT2D eigenvalue weighted by Crippen LogP contribution is 2.43. The lowest BCUT2D eigenvalue weighted by molar-refractivity contribution is -0.133. The molecule has 0 aromatic carbocycles. The van der Waals surface area contributed by atoms with E-state index in [0.717, 1.165) is 130 Å². The molecule has 3 rings (SSSR count). The van der Waals surface area contributed by atoms with Gasteiger partial charge in [-0.2, -0.15) is 0 Å². The van der Waals surface area contributed by atoms with E-state index in [1.54, 1.807) is 0 Å². The quantitative estimate of drug-likeness (QED) is 0.0268. The lowest BCUT2D eigenvalue weighted by atomic mass is 9.66. The molecule has 2 heterocycles. The van der Waals surface area contributed by atoms with Crippen LogP contribution in [0.4, 0.5) is 0 Å². The van der Waals surface area contributed by atoms with E-state index in [-0.39, 0.29) is 5.91 Å². The standard InChI is InChI=1S/C54H105N9O2/c1-3-5-7-9-13-19-25-51-49(23-17-8-6-4-2)29-30-50(24-18-12-10-15-21-27-53(64)60-36-35-57-34-33-56-32-31-55)52(51)26-20-14-11-16-22-28-54(65)63-47-45-62(46-48-63)44-40-59-39-43-61-41-37-58-38-42-61/h19,25,29-30,49-52,56-59H,3-18,20-24,26-28,31-48,55H2,1-2H3,(H,60,64). The number of hydrogen-bond donors (Lipinski definition) is 6. The summed E-state index contributed by atoms with van der Waals surface area (Å²) in [7, 11) is 0. The number of allylic oxidation sites excluding steroid dienone is 4. The first-order valence-corrected chi connectivity index (χ1v) is 27.9. The summed E-state index contributed by atoms with van der Waals surface area (Å²) < 4.78 is 0. The minimum atomic E-state index is 0.186. The molecule has 2 saturated heterocycles. The van der Waals surface area contributed by atoms with Crippen LogP contribution in [0.1, 0.15) is 168 Å². The van der Waals surface area contributed by atoms with Gasteiger partial charge in [0.25, 0.3) is 0 Å². The normalized spacial score (nSPS) is 20.9. The van der Waals surface area contributed by atoms with Crippen molar-refractivity contribution >= 4 is 11.8 Å². The van der Waals surface area contributed by atoms with E-state index in [2.05, 4.69) is 79.4 Å². The van der Waals surface area contributed by atoms with E-state index in [1.807, 2.05) is 0 Å². The highest BCUT2D eigenvalue weighted by molar-refractivity contribution is 5.76. The molecular weight excluding hydrogens is 807 g/mol. The van der Waals surface area contributed by atoms with Crippen molar-refractivity contribution in [2.45, 2.75) is 168 Å². The second kappa shape index (κ2) is 40.1. The first-order valence-electron chi connectivity index (χ1n) is 27.9. The molecule has 0 aromatic rings. The Bertz CT molecular complexity index is 1190. The number of hydrogen-bond acceptors (Lipinski definition) is 9. The van der Waals surface area contributed by atoms with Crippen LogP contribution in [0.15, 0.2) is 24.3 Å². The van der Waals surface area contributed by atoms with Crippen molar-refractivity contribution in [1.29, 1.82) is 0 Å². The van der Waals surface area contributed by atoms with Crippen LogP contribution in [-0.4, -0.2) is 144 Å². The van der Waals surface area contributed by atoms with Crippen LogP contribution in [0.2, 0.25) is 0 Å². The van der Waals surface area contributed by atoms with Gasteiger partial charge in [-0.25, -0.2) is 0 Å². The van der Waals surface area contributed by atoms with E-state index in [0.29, 0.717) is 49.6 Å². The minimum Gasteiger partial charge on any atom is -0.355 e. The molecule has 7 N–H and O–H groups in total. The maximum absolute atomic E-state index is 13.1. The van der Waals surface area contributed by atoms with Crippen molar-refractivity contribution in [2.75, 3.05) is 118 Å². The van der Waals surface area contributed by atoms with Crippen LogP contribution >= 0.6 is 0 Å². The Kier molecular flexibility index (Phi) is 35.4. The van der Waals surface area contributed by atoms with E-state index in [4.69, 9.17) is 5.73 Å². The lowest BCUT2D eigenvalue weighted by Gasteiger charge is -2.39. The Labute approximate surface area is 400 Å². The SMILES string of the molecule is CCCCCCC=CC1C(CCCCCC)C=CC(CCCCCCCC(=O)NCCNCCNCCN)C1CCCCCCCC(=O)N1CCN(CCNCCN2CCNCC2)CC1. The summed E-state index contributed by atoms with van der Waals surface area (Å²) in [5.74, 6) is 3.30. The van der Waals surface area contributed by atoms with Gasteiger partial charge in [0.2, 0.25) is 11.8 Å². The molecule has 2 amide bonds. The molecule has 378 valence electrons. The molecule has 2 fully saturated rings. The highest BCUT2D eigenvalue weighted by atomic mass is 16.2. The van der Waals surface area contributed by atoms with Crippen molar-refractivity contribution in [1.82, 2.24) is 41.3 Å². The third-order valence-corrected chi connectivity index (χ3v) is 14.6. The summed E-state index contributed by atoms with van der Waals surface area (Å²) >= 11 is 0. The second-order valence-corrected chi connectivity index (χ2v) is 19.9. The van der Waals surface area contributed by atoms with Crippen LogP contribution in [0, 0.1) is 23.7 Å². The first-order chi connectivity index (χ1) is 32.0. The zero-order chi connectivity index (χ0) is 46.3. The number of piperazine rings is 2. The zero-order valence-electron chi connectivity index (χ0n) is 42.6. The highest BCUT2D eigenvalue weighted by Gasteiger charge is 2.34. The number of carbonyl (C=O) groups is 2. The lowest BCUT2D eigenvalue weighted by Crippen LogP contribution is -2.50. The topological polar surface area (TPSA) is 130 Å². The van der Waals surface area contributed by atoms with Crippen LogP contribution in [0.3, 0.4) is 0 Å². The number of rotatable bonds is 41. The van der Waals surface area contributed by atoms with E-state index < -0.39 is 0 Å². The third-order valence-electron chi connectivity index (χ3n) is 14.6. The van der Waals surface area contributed by atoms with E-state index >= 15 is 0 Å². The van der Waals surface area contributed by atoms with Crippen LogP contribution in [-0.2, 0) is 9.59 Å². The van der Waals surface area contributed by atoms with Crippen molar-refractivity contribution in [3.63, 3.8) is 0 Å². The van der Waals surface area contributed by atoms with Gasteiger partial charge < -0.3 is 37.2 Å².